The van der Waals surface area contributed by atoms with Gasteiger partial charge in [-0.3, -0.25) is 9.78 Å². The fraction of sp³-hybridized carbons (Fsp3) is 0.462. The molecule has 3 aliphatic rings. The maximum absolute atomic E-state index is 12.9. The Morgan fingerprint density at radius 1 is 1.24 bits per heavy atom. The first-order chi connectivity index (χ1) is 16.5. The monoisotopic (exact) mass is 456 g/mol. The van der Waals surface area contributed by atoms with Crippen molar-refractivity contribution in [1.29, 1.82) is 0 Å². The van der Waals surface area contributed by atoms with Crippen molar-refractivity contribution in [3.63, 3.8) is 0 Å². The number of pyridine rings is 1. The zero-order valence-corrected chi connectivity index (χ0v) is 19.7. The summed E-state index contributed by atoms with van der Waals surface area (Å²) >= 11 is 0. The minimum Gasteiger partial charge on any atom is -0.420 e. The van der Waals surface area contributed by atoms with E-state index < -0.39 is 0 Å². The molecule has 3 aliphatic carbocycles. The van der Waals surface area contributed by atoms with Gasteiger partial charge in [-0.05, 0) is 62.6 Å². The molecule has 2 fully saturated rings. The molecule has 34 heavy (non-hydrogen) atoms. The molecular weight excluding hydrogens is 428 g/mol. The minimum atomic E-state index is -0.133. The van der Waals surface area contributed by atoms with E-state index in [1.54, 1.807) is 25.4 Å². The third-order valence-electron chi connectivity index (χ3n) is 8.12. The van der Waals surface area contributed by atoms with E-state index in [9.17, 15) is 4.79 Å². The van der Waals surface area contributed by atoms with Gasteiger partial charge in [0.2, 0.25) is 11.8 Å². The van der Waals surface area contributed by atoms with Crippen molar-refractivity contribution in [3.8, 4) is 11.5 Å². The number of nitrogens with zero attached hydrogens (tertiary/aromatic N) is 5. The number of nitrogens with one attached hydrogen (secondary N) is 1. The number of allylic oxidation sites excluding steroid dienone is 1. The maximum Gasteiger partial charge on any atom is 0.270 e. The predicted octanol–water partition coefficient (Wildman–Crippen LogP) is 4.05. The first-order valence-corrected chi connectivity index (χ1v) is 12.1. The summed E-state index contributed by atoms with van der Waals surface area (Å²) in [5, 5.41) is 12.0. The van der Waals surface area contributed by atoms with Crippen molar-refractivity contribution in [2.24, 2.45) is 17.3 Å². The number of aryl methyl sites for hydroxylation is 2. The summed E-state index contributed by atoms with van der Waals surface area (Å²) in [6, 6.07) is 5.73. The smallest absolute Gasteiger partial charge is 0.270 e. The van der Waals surface area contributed by atoms with Crippen LogP contribution in [0.4, 0.5) is 0 Å². The van der Waals surface area contributed by atoms with Crippen LogP contribution in [-0.2, 0) is 6.42 Å². The Kier molecular flexibility index (Phi) is 4.86. The molecule has 3 aromatic rings. The van der Waals surface area contributed by atoms with Crippen molar-refractivity contribution in [1.82, 2.24) is 30.5 Å². The summed E-state index contributed by atoms with van der Waals surface area (Å²) < 4.78 is 6.14. The highest BCUT2D eigenvalue weighted by atomic mass is 16.4. The van der Waals surface area contributed by atoms with Gasteiger partial charge in [0.05, 0.1) is 5.56 Å². The van der Waals surface area contributed by atoms with Crippen LogP contribution in [0, 0.1) is 24.2 Å². The van der Waals surface area contributed by atoms with Crippen LogP contribution in [0.15, 0.2) is 46.7 Å². The molecule has 1 spiro atoms. The van der Waals surface area contributed by atoms with Gasteiger partial charge in [0, 0.05) is 35.5 Å². The van der Waals surface area contributed by atoms with Crippen LogP contribution in [0.25, 0.3) is 11.5 Å². The van der Waals surface area contributed by atoms with Crippen molar-refractivity contribution in [2.45, 2.75) is 58.4 Å². The van der Waals surface area contributed by atoms with Crippen LogP contribution in [0.5, 0.6) is 0 Å². The molecule has 3 heterocycles. The molecular formula is C26H28N6O2. The number of rotatable bonds is 5. The second-order valence-electron chi connectivity index (χ2n) is 9.87. The Labute approximate surface area is 198 Å². The average Bonchev–Trinajstić information content (AvgIpc) is 3.54. The first-order valence-electron chi connectivity index (χ1n) is 12.1. The molecule has 8 heteroatoms. The molecule has 1 N–H and O–H groups in total. The predicted molar refractivity (Wildman–Crippen MR) is 125 cm³/mol. The van der Waals surface area contributed by atoms with E-state index in [0.717, 1.165) is 36.9 Å². The van der Waals surface area contributed by atoms with Crippen molar-refractivity contribution in [3.05, 3.63) is 65.3 Å². The van der Waals surface area contributed by atoms with Gasteiger partial charge in [0.25, 0.3) is 5.91 Å². The van der Waals surface area contributed by atoms with Gasteiger partial charge in [0.1, 0.15) is 11.5 Å². The van der Waals surface area contributed by atoms with Gasteiger partial charge in [0.15, 0.2) is 0 Å². The zero-order chi connectivity index (χ0) is 23.4. The van der Waals surface area contributed by atoms with Crippen molar-refractivity contribution >= 4 is 5.91 Å². The Morgan fingerprint density at radius 3 is 2.85 bits per heavy atom. The van der Waals surface area contributed by atoms with Crippen LogP contribution in [0.1, 0.15) is 66.9 Å². The van der Waals surface area contributed by atoms with E-state index in [2.05, 4.69) is 50.4 Å². The summed E-state index contributed by atoms with van der Waals surface area (Å²) in [4.78, 5) is 25.8. The molecule has 174 valence electrons. The molecule has 0 radical (unpaired) electrons. The molecule has 0 bridgehead atoms. The fourth-order valence-corrected chi connectivity index (χ4v) is 6.46. The lowest BCUT2D eigenvalue weighted by Gasteiger charge is -2.44. The Balaban J connectivity index is 1.22. The Hall–Kier alpha value is -3.42. The van der Waals surface area contributed by atoms with Gasteiger partial charge >= 0.3 is 0 Å². The molecule has 0 aliphatic heterocycles. The summed E-state index contributed by atoms with van der Waals surface area (Å²) in [5.74, 6) is 2.68. The van der Waals surface area contributed by atoms with Gasteiger partial charge < -0.3 is 9.73 Å². The number of carbonyl (C=O) groups excluding carboxylic acids is 1. The Morgan fingerprint density at radius 2 is 2.12 bits per heavy atom. The number of carbonyl (C=O) groups is 1. The molecule has 0 saturated heterocycles. The average molecular weight is 457 g/mol. The molecule has 5 atom stereocenters. The van der Waals surface area contributed by atoms with Gasteiger partial charge in [-0.15, -0.1) is 10.2 Å². The Bertz CT molecular complexity index is 1280. The molecule has 6 rings (SSSR count). The van der Waals surface area contributed by atoms with Crippen LogP contribution in [0.2, 0.25) is 0 Å². The normalized spacial score (nSPS) is 29.2. The van der Waals surface area contributed by atoms with Crippen LogP contribution >= 0.6 is 0 Å². The molecule has 0 aromatic carbocycles. The number of hydrogen-bond acceptors (Lipinski definition) is 7. The highest BCUT2D eigenvalue weighted by Gasteiger charge is 2.63. The molecule has 8 nitrogen and oxygen atoms in total. The highest BCUT2D eigenvalue weighted by Crippen LogP contribution is 2.69. The lowest BCUT2D eigenvalue weighted by Crippen LogP contribution is -2.43. The van der Waals surface area contributed by atoms with E-state index in [1.807, 2.05) is 12.1 Å². The minimum absolute atomic E-state index is 0.0807. The number of aromatic nitrogens is 5. The lowest BCUT2D eigenvalue weighted by molar-refractivity contribution is 0.0903. The third kappa shape index (κ3) is 3.19. The highest BCUT2D eigenvalue weighted by molar-refractivity contribution is 5.92. The van der Waals surface area contributed by atoms with Gasteiger partial charge in [-0.2, -0.15) is 0 Å². The van der Waals surface area contributed by atoms with Crippen LogP contribution < -0.4 is 5.32 Å². The topological polar surface area (TPSA) is 107 Å². The molecule has 2 saturated carbocycles. The van der Waals surface area contributed by atoms with E-state index in [4.69, 9.17) is 4.42 Å². The first kappa shape index (κ1) is 21.1. The fourth-order valence-electron chi connectivity index (χ4n) is 6.46. The van der Waals surface area contributed by atoms with E-state index in [0.29, 0.717) is 35.1 Å². The third-order valence-corrected chi connectivity index (χ3v) is 8.12. The quantitative estimate of drug-likeness (QED) is 0.577. The molecule has 1 amide bonds. The lowest BCUT2D eigenvalue weighted by atomic mass is 9.60. The van der Waals surface area contributed by atoms with Crippen molar-refractivity contribution < 1.29 is 9.21 Å². The standard InChI is InChI=1S/C26H28N6O2/c1-4-19-6-5-16(13-28-19)24-31-32-25(34-24)17-10-20-22(11-18-9-14(2)26(18,20)12-17)30-23(33)21-7-8-27-15(3)29-21/h5-9,13-14,17,20,22H,4,10-12H2,1-3H3,(H,30,33). The summed E-state index contributed by atoms with van der Waals surface area (Å²) in [5.41, 5.74) is 3.88. The van der Waals surface area contributed by atoms with Crippen LogP contribution in [-0.4, -0.2) is 37.1 Å². The molecule has 5 unspecified atom stereocenters. The SMILES string of the molecule is CCc1ccc(-c2nnc(C3CC4C(NC(=O)c5ccnc(C)n5)CC5=CC(C)C54C3)o2)cn1. The summed E-state index contributed by atoms with van der Waals surface area (Å²) in [6.07, 6.45) is 9.50. The summed E-state index contributed by atoms with van der Waals surface area (Å²) in [6.45, 7) is 6.16. The molecule has 3 aromatic heterocycles. The number of amides is 1. The second-order valence-corrected chi connectivity index (χ2v) is 9.87. The van der Waals surface area contributed by atoms with Crippen molar-refractivity contribution in [2.75, 3.05) is 0 Å². The van der Waals surface area contributed by atoms with Gasteiger partial charge in [-0.1, -0.05) is 25.5 Å². The summed E-state index contributed by atoms with van der Waals surface area (Å²) in [7, 11) is 0. The zero-order valence-electron chi connectivity index (χ0n) is 19.7. The van der Waals surface area contributed by atoms with Gasteiger partial charge in [-0.25, -0.2) is 9.97 Å². The maximum atomic E-state index is 12.9. The number of hydrogen-bond donors (Lipinski definition) is 1. The van der Waals surface area contributed by atoms with E-state index in [-0.39, 0.29) is 23.3 Å². The van der Waals surface area contributed by atoms with Crippen LogP contribution in [0.3, 0.4) is 0 Å². The van der Waals surface area contributed by atoms with E-state index >= 15 is 0 Å². The second kappa shape index (κ2) is 7.82. The largest absolute Gasteiger partial charge is 0.420 e. The van der Waals surface area contributed by atoms with E-state index in [1.165, 1.54) is 5.57 Å².